The van der Waals surface area contributed by atoms with Gasteiger partial charge in [0.25, 0.3) is 5.91 Å². The van der Waals surface area contributed by atoms with Crippen LogP contribution in [0.5, 0.6) is 5.75 Å². The Bertz CT molecular complexity index is 791. The van der Waals surface area contributed by atoms with Gasteiger partial charge in [-0.25, -0.2) is 4.79 Å². The Morgan fingerprint density at radius 3 is 2.20 bits per heavy atom. The molecular weight excluding hydrogens is 363 g/mol. The highest BCUT2D eigenvalue weighted by Crippen LogP contribution is 2.25. The first kappa shape index (κ1) is 18.6. The van der Waals surface area contributed by atoms with Crippen LogP contribution in [0.3, 0.4) is 0 Å². The molecule has 0 aliphatic carbocycles. The Labute approximate surface area is 145 Å². The number of alkyl halides is 3. The molecule has 2 aromatic rings. The fourth-order valence-corrected chi connectivity index (χ4v) is 2.03. The summed E-state index contributed by atoms with van der Waals surface area (Å²) in [5.41, 5.74) is 0.412. The predicted molar refractivity (Wildman–Crippen MR) is 83.9 cm³/mol. The molecule has 2 rings (SSSR count). The number of benzene rings is 2. The van der Waals surface area contributed by atoms with Crippen molar-refractivity contribution in [1.82, 2.24) is 0 Å². The Morgan fingerprint density at radius 2 is 1.64 bits per heavy atom. The Balaban J connectivity index is 2.15. The minimum atomic E-state index is -4.81. The third-order valence-electron chi connectivity index (χ3n) is 2.99. The molecule has 1 N–H and O–H groups in total. The van der Waals surface area contributed by atoms with E-state index in [1.165, 1.54) is 25.3 Å². The maximum atomic E-state index is 12.2. The molecule has 5 nitrogen and oxygen atoms in total. The van der Waals surface area contributed by atoms with Crippen LogP contribution in [0.2, 0.25) is 5.02 Å². The number of amides is 1. The van der Waals surface area contributed by atoms with E-state index in [2.05, 4.69) is 14.8 Å². The molecule has 0 atom stereocenters. The molecule has 0 heterocycles. The van der Waals surface area contributed by atoms with Crippen molar-refractivity contribution in [1.29, 1.82) is 0 Å². The van der Waals surface area contributed by atoms with Gasteiger partial charge in [0.1, 0.15) is 5.75 Å². The third-order valence-corrected chi connectivity index (χ3v) is 3.32. The smallest absolute Gasteiger partial charge is 0.465 e. The molecule has 2 aromatic carbocycles. The van der Waals surface area contributed by atoms with Crippen LogP contribution in [-0.2, 0) is 4.74 Å². The fourth-order valence-electron chi connectivity index (χ4n) is 1.87. The van der Waals surface area contributed by atoms with Gasteiger partial charge in [-0.05, 0) is 42.5 Å². The molecule has 132 valence electrons. The van der Waals surface area contributed by atoms with E-state index in [1.807, 2.05) is 0 Å². The lowest BCUT2D eigenvalue weighted by Crippen LogP contribution is -2.17. The third kappa shape index (κ3) is 5.12. The average Bonchev–Trinajstić information content (AvgIpc) is 2.55. The number of hydrogen-bond acceptors (Lipinski definition) is 4. The zero-order chi connectivity index (χ0) is 18.6. The number of anilines is 1. The number of hydrogen-bond donors (Lipinski definition) is 1. The summed E-state index contributed by atoms with van der Waals surface area (Å²) in [6.07, 6.45) is -4.81. The molecule has 0 bridgehead atoms. The summed E-state index contributed by atoms with van der Waals surface area (Å²) in [5, 5.41) is 2.65. The second-order valence-electron chi connectivity index (χ2n) is 4.71. The van der Waals surface area contributed by atoms with E-state index < -0.39 is 24.0 Å². The minimum Gasteiger partial charge on any atom is -0.465 e. The summed E-state index contributed by atoms with van der Waals surface area (Å²) in [4.78, 5) is 23.7. The van der Waals surface area contributed by atoms with Crippen LogP contribution in [0.15, 0.2) is 42.5 Å². The monoisotopic (exact) mass is 373 g/mol. The number of ether oxygens (including phenoxy) is 2. The Kier molecular flexibility index (Phi) is 5.53. The van der Waals surface area contributed by atoms with Crippen molar-refractivity contribution in [3.8, 4) is 5.75 Å². The van der Waals surface area contributed by atoms with Gasteiger partial charge in [-0.1, -0.05) is 11.6 Å². The normalized spacial score (nSPS) is 10.9. The number of carbonyl (C=O) groups excluding carboxylic acids is 2. The van der Waals surface area contributed by atoms with Gasteiger partial charge in [0, 0.05) is 5.56 Å². The van der Waals surface area contributed by atoms with E-state index in [1.54, 1.807) is 0 Å². The molecule has 0 aromatic heterocycles. The molecule has 0 fully saturated rings. The Hall–Kier alpha value is -2.74. The second-order valence-corrected chi connectivity index (χ2v) is 5.12. The van der Waals surface area contributed by atoms with E-state index >= 15 is 0 Å². The molecule has 25 heavy (non-hydrogen) atoms. The summed E-state index contributed by atoms with van der Waals surface area (Å²) in [6.45, 7) is 0. The van der Waals surface area contributed by atoms with Crippen LogP contribution < -0.4 is 10.1 Å². The number of methoxy groups -OCH3 is 1. The van der Waals surface area contributed by atoms with Gasteiger partial charge in [-0.2, -0.15) is 0 Å². The van der Waals surface area contributed by atoms with E-state index in [9.17, 15) is 22.8 Å². The molecule has 0 saturated heterocycles. The lowest BCUT2D eigenvalue weighted by atomic mass is 10.1. The lowest BCUT2D eigenvalue weighted by molar-refractivity contribution is -0.274. The van der Waals surface area contributed by atoms with Gasteiger partial charge in [0.05, 0.1) is 23.4 Å². The van der Waals surface area contributed by atoms with Crippen molar-refractivity contribution < 1.29 is 32.2 Å². The maximum Gasteiger partial charge on any atom is 0.573 e. The lowest BCUT2D eigenvalue weighted by Gasteiger charge is -2.11. The van der Waals surface area contributed by atoms with Crippen LogP contribution in [0, 0.1) is 0 Å². The van der Waals surface area contributed by atoms with Gasteiger partial charge in [0.2, 0.25) is 0 Å². The maximum absolute atomic E-state index is 12.2. The van der Waals surface area contributed by atoms with Crippen molar-refractivity contribution in [3.05, 3.63) is 58.6 Å². The highest BCUT2D eigenvalue weighted by atomic mass is 35.5. The van der Waals surface area contributed by atoms with E-state index in [0.717, 1.165) is 24.3 Å². The SMILES string of the molecule is COC(=O)c1ccc(Cl)c(NC(=O)c2ccc(OC(F)(F)F)cc2)c1. The molecule has 0 aliphatic rings. The first-order valence-electron chi connectivity index (χ1n) is 6.74. The topological polar surface area (TPSA) is 64.6 Å². The van der Waals surface area contributed by atoms with Crippen LogP contribution >= 0.6 is 11.6 Å². The van der Waals surface area contributed by atoms with Gasteiger partial charge < -0.3 is 14.8 Å². The van der Waals surface area contributed by atoms with Crippen LogP contribution in [-0.4, -0.2) is 25.3 Å². The summed E-state index contributed by atoms with van der Waals surface area (Å²) in [6, 6.07) is 8.50. The van der Waals surface area contributed by atoms with Crippen molar-refractivity contribution >= 4 is 29.2 Å². The molecule has 0 saturated carbocycles. The molecule has 9 heteroatoms. The fraction of sp³-hybridized carbons (Fsp3) is 0.125. The highest BCUT2D eigenvalue weighted by molar-refractivity contribution is 6.34. The molecule has 0 unspecified atom stereocenters. The zero-order valence-corrected chi connectivity index (χ0v) is 13.4. The average molecular weight is 374 g/mol. The number of carbonyl (C=O) groups is 2. The molecule has 0 spiro atoms. The highest BCUT2D eigenvalue weighted by Gasteiger charge is 2.31. The van der Waals surface area contributed by atoms with Crippen LogP contribution in [0.4, 0.5) is 18.9 Å². The van der Waals surface area contributed by atoms with Crippen molar-refractivity contribution in [2.75, 3.05) is 12.4 Å². The largest absolute Gasteiger partial charge is 0.573 e. The van der Waals surface area contributed by atoms with Crippen molar-refractivity contribution in [2.45, 2.75) is 6.36 Å². The summed E-state index contributed by atoms with van der Waals surface area (Å²) >= 11 is 5.96. The van der Waals surface area contributed by atoms with Gasteiger partial charge in [0.15, 0.2) is 0 Å². The number of rotatable bonds is 4. The second kappa shape index (κ2) is 7.43. The first-order valence-corrected chi connectivity index (χ1v) is 7.12. The standard InChI is InChI=1S/C16H11ClF3NO4/c1-24-15(23)10-4-7-12(17)13(8-10)21-14(22)9-2-5-11(6-3-9)25-16(18,19)20/h2-8H,1H3,(H,21,22). The van der Waals surface area contributed by atoms with E-state index in [4.69, 9.17) is 11.6 Å². The van der Waals surface area contributed by atoms with Gasteiger partial charge in [-0.3, -0.25) is 4.79 Å². The zero-order valence-electron chi connectivity index (χ0n) is 12.7. The van der Waals surface area contributed by atoms with Crippen molar-refractivity contribution in [2.24, 2.45) is 0 Å². The minimum absolute atomic E-state index is 0.0778. The molecule has 1 amide bonds. The van der Waals surface area contributed by atoms with Crippen LogP contribution in [0.25, 0.3) is 0 Å². The predicted octanol–water partition coefficient (Wildman–Crippen LogP) is 4.28. The summed E-state index contributed by atoms with van der Waals surface area (Å²) < 4.78 is 44.6. The number of esters is 1. The quantitative estimate of drug-likeness (QED) is 0.812. The molecule has 0 radical (unpaired) electrons. The molecular formula is C16H11ClF3NO4. The molecule has 0 aliphatic heterocycles. The number of halogens is 4. The summed E-state index contributed by atoms with van der Waals surface area (Å²) in [7, 11) is 1.21. The van der Waals surface area contributed by atoms with Crippen LogP contribution in [0.1, 0.15) is 20.7 Å². The Morgan fingerprint density at radius 1 is 1.04 bits per heavy atom. The summed E-state index contributed by atoms with van der Waals surface area (Å²) in [5.74, 6) is -1.68. The first-order chi connectivity index (χ1) is 11.7. The number of nitrogens with one attached hydrogen (secondary N) is 1. The van der Waals surface area contributed by atoms with E-state index in [-0.39, 0.29) is 21.8 Å². The van der Waals surface area contributed by atoms with E-state index in [0.29, 0.717) is 0 Å². The van der Waals surface area contributed by atoms with Gasteiger partial charge >= 0.3 is 12.3 Å². The van der Waals surface area contributed by atoms with Crippen molar-refractivity contribution in [3.63, 3.8) is 0 Å². The van der Waals surface area contributed by atoms with Gasteiger partial charge in [-0.15, -0.1) is 13.2 Å².